The molecule has 16 heteroatoms. The number of aromatic nitrogens is 6. The molecular formula is C20H14ClF5N6O4. The van der Waals surface area contributed by atoms with Gasteiger partial charge >= 0.3 is 11.9 Å². The summed E-state index contributed by atoms with van der Waals surface area (Å²) < 4.78 is 80.3. The first-order valence-corrected chi connectivity index (χ1v) is 10.4. The first kappa shape index (κ1) is 25.2. The summed E-state index contributed by atoms with van der Waals surface area (Å²) in [7, 11) is 0. The van der Waals surface area contributed by atoms with Crippen molar-refractivity contribution in [3.63, 3.8) is 0 Å². The van der Waals surface area contributed by atoms with Crippen molar-refractivity contribution < 1.29 is 36.5 Å². The van der Waals surface area contributed by atoms with E-state index in [0.717, 1.165) is 16.8 Å². The summed E-state index contributed by atoms with van der Waals surface area (Å²) in [6.07, 6.45) is -4.01. The standard InChI is InChI=1S/C20H14ClF5N6O4/c1-2-31-12(7-33)30-32(19(31)34)16-14(23)9-6-27-29-18(36-15-10(21)4-3-5-11(15)22)13(9)17(28-16)35-8-20(24,25)26/h3-6,33H,2,7-8H2,1H3. The fraction of sp³-hybridized carbons (Fsp3) is 0.250. The maximum atomic E-state index is 15.6. The highest BCUT2D eigenvalue weighted by Gasteiger charge is 2.31. The van der Waals surface area contributed by atoms with Crippen molar-refractivity contribution in [3.8, 4) is 23.3 Å². The Balaban J connectivity index is 1.98. The van der Waals surface area contributed by atoms with E-state index in [0.29, 0.717) is 4.68 Å². The second-order valence-corrected chi connectivity index (χ2v) is 7.47. The number of hydrogen-bond acceptors (Lipinski definition) is 8. The molecule has 0 amide bonds. The van der Waals surface area contributed by atoms with Gasteiger partial charge in [0.15, 0.2) is 35.6 Å². The van der Waals surface area contributed by atoms with Gasteiger partial charge in [-0.1, -0.05) is 17.7 Å². The smallest absolute Gasteiger partial charge is 0.422 e. The lowest BCUT2D eigenvalue weighted by Crippen LogP contribution is -2.26. The Morgan fingerprint density at radius 1 is 1.19 bits per heavy atom. The van der Waals surface area contributed by atoms with E-state index in [1.165, 1.54) is 12.1 Å². The van der Waals surface area contributed by atoms with Gasteiger partial charge in [0, 0.05) is 6.54 Å². The van der Waals surface area contributed by atoms with Crippen molar-refractivity contribution in [1.29, 1.82) is 0 Å². The van der Waals surface area contributed by atoms with Crippen molar-refractivity contribution >= 4 is 22.4 Å². The van der Waals surface area contributed by atoms with E-state index in [1.807, 2.05) is 0 Å². The lowest BCUT2D eigenvalue weighted by molar-refractivity contribution is -0.153. The summed E-state index contributed by atoms with van der Waals surface area (Å²) in [4.78, 5) is 16.4. The average Bonchev–Trinajstić information content (AvgIpc) is 3.15. The Labute approximate surface area is 202 Å². The average molecular weight is 533 g/mol. The number of rotatable bonds is 7. The zero-order valence-corrected chi connectivity index (χ0v) is 18.8. The number of alkyl halides is 3. The topological polar surface area (TPSA) is 117 Å². The monoisotopic (exact) mass is 532 g/mol. The first-order chi connectivity index (χ1) is 17.1. The summed E-state index contributed by atoms with van der Waals surface area (Å²) in [5.41, 5.74) is -0.925. The van der Waals surface area contributed by atoms with Gasteiger partial charge in [0.1, 0.15) is 12.0 Å². The Hall–Kier alpha value is -3.85. The number of fused-ring (bicyclic) bond motifs is 1. The highest BCUT2D eigenvalue weighted by atomic mass is 35.5. The van der Waals surface area contributed by atoms with Crippen LogP contribution in [0.3, 0.4) is 0 Å². The van der Waals surface area contributed by atoms with Crippen LogP contribution in [0.5, 0.6) is 17.5 Å². The third kappa shape index (κ3) is 4.66. The quantitative estimate of drug-likeness (QED) is 0.359. The molecule has 0 radical (unpaired) electrons. The van der Waals surface area contributed by atoms with Crippen LogP contribution in [0.15, 0.2) is 29.2 Å². The number of hydrogen-bond donors (Lipinski definition) is 1. The van der Waals surface area contributed by atoms with Gasteiger partial charge in [-0.2, -0.15) is 27.9 Å². The minimum Gasteiger partial charge on any atom is -0.467 e. The molecule has 10 nitrogen and oxygen atoms in total. The van der Waals surface area contributed by atoms with Crippen LogP contribution >= 0.6 is 11.6 Å². The fourth-order valence-corrected chi connectivity index (χ4v) is 3.42. The highest BCUT2D eigenvalue weighted by molar-refractivity contribution is 6.32. The lowest BCUT2D eigenvalue weighted by Gasteiger charge is -2.15. The van der Waals surface area contributed by atoms with Gasteiger partial charge in [-0.3, -0.25) is 4.57 Å². The number of pyridine rings is 1. The molecule has 3 heterocycles. The van der Waals surface area contributed by atoms with Gasteiger partial charge in [-0.25, -0.2) is 13.6 Å². The molecule has 0 atom stereocenters. The Bertz CT molecular complexity index is 1490. The van der Waals surface area contributed by atoms with Gasteiger partial charge in [0.05, 0.1) is 16.6 Å². The predicted molar refractivity (Wildman–Crippen MR) is 113 cm³/mol. The normalized spacial score (nSPS) is 11.8. The Kier molecular flexibility index (Phi) is 6.77. The second kappa shape index (κ2) is 9.66. The van der Waals surface area contributed by atoms with Gasteiger partial charge in [0.2, 0.25) is 5.88 Å². The van der Waals surface area contributed by atoms with Crippen LogP contribution in [0, 0.1) is 11.6 Å². The highest BCUT2D eigenvalue weighted by Crippen LogP contribution is 2.39. The van der Waals surface area contributed by atoms with E-state index < -0.39 is 70.8 Å². The Morgan fingerprint density at radius 3 is 2.56 bits per heavy atom. The maximum Gasteiger partial charge on any atom is 0.422 e. The molecular weight excluding hydrogens is 519 g/mol. The summed E-state index contributed by atoms with van der Waals surface area (Å²) in [6, 6.07) is 3.54. The summed E-state index contributed by atoms with van der Waals surface area (Å²) in [6.45, 7) is -0.936. The van der Waals surface area contributed by atoms with Crippen LogP contribution in [0.2, 0.25) is 5.02 Å². The molecule has 0 saturated carbocycles. The largest absolute Gasteiger partial charge is 0.467 e. The van der Waals surface area contributed by atoms with E-state index in [4.69, 9.17) is 21.1 Å². The maximum absolute atomic E-state index is 15.6. The third-order valence-electron chi connectivity index (χ3n) is 4.76. The molecule has 0 bridgehead atoms. The van der Waals surface area contributed by atoms with Crippen LogP contribution in [-0.4, -0.2) is 47.4 Å². The fourth-order valence-electron chi connectivity index (χ4n) is 3.22. The molecule has 0 saturated heterocycles. The molecule has 3 aromatic heterocycles. The SMILES string of the molecule is CCn1c(CO)nn(-c2nc(OCC(F)(F)F)c3c(Oc4c(F)cccc4Cl)nncc3c2F)c1=O. The van der Waals surface area contributed by atoms with Crippen LogP contribution in [-0.2, 0) is 13.2 Å². The van der Waals surface area contributed by atoms with E-state index >= 15 is 4.39 Å². The number of aliphatic hydroxyl groups excluding tert-OH is 1. The van der Waals surface area contributed by atoms with E-state index in [9.17, 15) is 27.5 Å². The molecule has 36 heavy (non-hydrogen) atoms. The van der Waals surface area contributed by atoms with E-state index in [2.05, 4.69) is 20.3 Å². The van der Waals surface area contributed by atoms with Gasteiger partial charge in [-0.15, -0.1) is 10.2 Å². The summed E-state index contributed by atoms with van der Waals surface area (Å²) >= 11 is 5.94. The molecule has 4 aromatic rings. The van der Waals surface area contributed by atoms with E-state index in [-0.39, 0.29) is 17.4 Å². The van der Waals surface area contributed by atoms with Crippen molar-refractivity contribution in [3.05, 3.63) is 57.4 Å². The van der Waals surface area contributed by atoms with Gasteiger partial charge in [0.25, 0.3) is 5.88 Å². The number of aliphatic hydroxyl groups is 1. The zero-order chi connectivity index (χ0) is 26.2. The van der Waals surface area contributed by atoms with Gasteiger partial charge in [-0.05, 0) is 19.1 Å². The third-order valence-corrected chi connectivity index (χ3v) is 5.06. The molecule has 1 N–H and O–H groups in total. The van der Waals surface area contributed by atoms with Crippen LogP contribution in [0.25, 0.3) is 16.6 Å². The molecule has 0 aliphatic rings. The molecule has 4 rings (SSSR count). The number of halogens is 6. The lowest BCUT2D eigenvalue weighted by atomic mass is 10.2. The summed E-state index contributed by atoms with van der Waals surface area (Å²) in [5, 5.41) is 19.1. The molecule has 0 aliphatic heterocycles. The zero-order valence-electron chi connectivity index (χ0n) is 18.1. The molecule has 0 unspecified atom stereocenters. The molecule has 0 spiro atoms. The van der Waals surface area contributed by atoms with Crippen LogP contribution in [0.4, 0.5) is 22.0 Å². The van der Waals surface area contributed by atoms with Crippen molar-refractivity contribution in [1.82, 2.24) is 29.5 Å². The molecule has 190 valence electrons. The Morgan fingerprint density at radius 2 is 1.94 bits per heavy atom. The minimum atomic E-state index is -4.83. The van der Waals surface area contributed by atoms with Crippen molar-refractivity contribution in [2.45, 2.75) is 26.3 Å². The molecule has 1 aromatic carbocycles. The number of benzene rings is 1. The van der Waals surface area contributed by atoms with Crippen molar-refractivity contribution in [2.75, 3.05) is 6.61 Å². The van der Waals surface area contributed by atoms with Crippen molar-refractivity contribution in [2.24, 2.45) is 0 Å². The minimum absolute atomic E-state index is 0.0498. The van der Waals surface area contributed by atoms with E-state index in [1.54, 1.807) is 6.92 Å². The number of para-hydroxylation sites is 1. The predicted octanol–water partition coefficient (Wildman–Crippen LogP) is 3.55. The van der Waals surface area contributed by atoms with Gasteiger partial charge < -0.3 is 14.6 Å². The first-order valence-electron chi connectivity index (χ1n) is 10.0. The number of ether oxygens (including phenoxy) is 2. The molecule has 0 aliphatic carbocycles. The second-order valence-electron chi connectivity index (χ2n) is 7.06. The number of nitrogens with zero attached hydrogens (tertiary/aromatic N) is 6. The van der Waals surface area contributed by atoms with Crippen LogP contribution < -0.4 is 15.2 Å². The van der Waals surface area contributed by atoms with Crippen LogP contribution in [0.1, 0.15) is 12.7 Å². The molecule has 0 fully saturated rings. The summed E-state index contributed by atoms with van der Waals surface area (Å²) in [5.74, 6) is -5.27.